The zero-order valence-corrected chi connectivity index (χ0v) is 12.6. The Morgan fingerprint density at radius 1 is 1.40 bits per heavy atom. The molecule has 1 unspecified atom stereocenters. The molecule has 0 saturated heterocycles. The zero-order valence-electron chi connectivity index (χ0n) is 11.8. The normalized spacial score (nSPS) is 11.2. The summed E-state index contributed by atoms with van der Waals surface area (Å²) in [4.78, 5) is 24.7. The molecule has 0 aliphatic carbocycles. The van der Waals surface area contributed by atoms with Crippen LogP contribution < -0.4 is 16.0 Å². The van der Waals surface area contributed by atoms with E-state index in [2.05, 4.69) is 5.32 Å². The molecule has 7 heteroatoms. The van der Waals surface area contributed by atoms with Gasteiger partial charge in [0.1, 0.15) is 6.04 Å². The monoisotopic (exact) mass is 301 g/mol. The molecule has 1 aromatic carbocycles. The molecule has 0 radical (unpaired) electrons. The largest absolute Gasteiger partial charge is 0.383 e. The van der Waals surface area contributed by atoms with Crippen LogP contribution in [0.1, 0.15) is 6.92 Å². The number of benzene rings is 1. The number of methoxy groups -OCH3 is 1. The minimum atomic E-state index is -0.749. The van der Waals surface area contributed by atoms with Gasteiger partial charge in [0.15, 0.2) is 0 Å². The van der Waals surface area contributed by atoms with Gasteiger partial charge in [-0.05, 0) is 12.1 Å². The van der Waals surface area contributed by atoms with Crippen molar-refractivity contribution in [2.75, 3.05) is 31.0 Å². The van der Waals surface area contributed by atoms with Gasteiger partial charge in [0.2, 0.25) is 11.8 Å². The van der Waals surface area contributed by atoms with Crippen LogP contribution in [0.5, 0.6) is 0 Å². The summed E-state index contributed by atoms with van der Waals surface area (Å²) < 4.78 is 4.83. The molecule has 20 heavy (non-hydrogen) atoms. The lowest BCUT2D eigenvalue weighted by molar-refractivity contribution is -0.118. The third kappa shape index (κ3) is 4.80. The molecule has 112 valence electrons. The van der Waals surface area contributed by atoms with Crippen molar-refractivity contribution < 1.29 is 14.3 Å². The van der Waals surface area contributed by atoms with E-state index in [0.29, 0.717) is 11.4 Å². The van der Waals surface area contributed by atoms with E-state index in [1.807, 2.05) is 0 Å². The zero-order chi connectivity index (χ0) is 14.4. The Bertz CT molecular complexity index is 468. The van der Waals surface area contributed by atoms with Crippen molar-refractivity contribution in [1.82, 2.24) is 0 Å². The molecule has 1 rings (SSSR count). The molecule has 6 nitrogen and oxygen atoms in total. The highest BCUT2D eigenvalue weighted by molar-refractivity contribution is 6.01. The van der Waals surface area contributed by atoms with Gasteiger partial charge in [-0.2, -0.15) is 0 Å². The first-order valence-corrected chi connectivity index (χ1v) is 5.86. The number of nitrogens with two attached hydrogens (primary N) is 1. The number of amides is 2. The molecule has 0 spiro atoms. The molecule has 0 aliphatic rings. The summed E-state index contributed by atoms with van der Waals surface area (Å²) in [5.41, 5.74) is 6.80. The van der Waals surface area contributed by atoms with Crippen molar-refractivity contribution in [1.29, 1.82) is 0 Å². The van der Waals surface area contributed by atoms with Gasteiger partial charge in [-0.25, -0.2) is 0 Å². The predicted molar refractivity (Wildman–Crippen MR) is 81.3 cm³/mol. The summed E-state index contributed by atoms with van der Waals surface area (Å²) in [7, 11) is 3.12. The van der Waals surface area contributed by atoms with Crippen LogP contribution in [0.25, 0.3) is 0 Å². The fraction of sp³-hybridized carbons (Fsp3) is 0.385. The number of para-hydroxylation sites is 2. The molecule has 0 bridgehead atoms. The number of carbonyl (C=O) groups excluding carboxylic acids is 2. The van der Waals surface area contributed by atoms with Crippen LogP contribution in [0.3, 0.4) is 0 Å². The number of anilines is 2. The predicted octanol–water partition coefficient (Wildman–Crippen LogP) is 1.00. The van der Waals surface area contributed by atoms with Gasteiger partial charge in [0, 0.05) is 21.1 Å². The number of ether oxygens (including phenoxy) is 1. The highest BCUT2D eigenvalue weighted by Gasteiger charge is 2.16. The number of nitrogens with zero attached hydrogens (tertiary/aromatic N) is 1. The Labute approximate surface area is 124 Å². The van der Waals surface area contributed by atoms with E-state index in [1.54, 1.807) is 31.3 Å². The second kappa shape index (κ2) is 8.52. The summed E-state index contributed by atoms with van der Waals surface area (Å²) in [5.74, 6) is -0.478. The number of hydrogen-bond acceptors (Lipinski definition) is 4. The molecule has 0 aliphatic heterocycles. The Hall–Kier alpha value is -1.63. The van der Waals surface area contributed by atoms with Crippen molar-refractivity contribution in [2.24, 2.45) is 5.73 Å². The van der Waals surface area contributed by atoms with E-state index in [9.17, 15) is 9.59 Å². The second-order valence-corrected chi connectivity index (χ2v) is 4.15. The fourth-order valence-corrected chi connectivity index (χ4v) is 1.52. The molecule has 0 aromatic heterocycles. The van der Waals surface area contributed by atoms with Crippen LogP contribution in [-0.4, -0.2) is 38.6 Å². The van der Waals surface area contributed by atoms with E-state index < -0.39 is 6.04 Å². The number of halogens is 1. The highest BCUT2D eigenvalue weighted by Crippen LogP contribution is 2.24. The molecule has 1 atom stereocenters. The van der Waals surface area contributed by atoms with Crippen molar-refractivity contribution in [2.45, 2.75) is 13.0 Å². The molecular formula is C13H20ClN3O3. The van der Waals surface area contributed by atoms with Crippen molar-refractivity contribution >= 4 is 35.6 Å². The summed E-state index contributed by atoms with van der Waals surface area (Å²) in [6, 6.07) is 6.28. The Kier molecular flexibility index (Phi) is 7.83. The van der Waals surface area contributed by atoms with Gasteiger partial charge in [0.25, 0.3) is 0 Å². The number of carbonyl (C=O) groups is 2. The number of rotatable bonds is 5. The third-order valence-electron chi connectivity index (χ3n) is 2.68. The van der Waals surface area contributed by atoms with Gasteiger partial charge < -0.3 is 20.7 Å². The van der Waals surface area contributed by atoms with E-state index in [0.717, 1.165) is 0 Å². The van der Waals surface area contributed by atoms with Crippen molar-refractivity contribution in [3.05, 3.63) is 24.3 Å². The van der Waals surface area contributed by atoms with E-state index in [-0.39, 0.29) is 30.8 Å². The van der Waals surface area contributed by atoms with Crippen LogP contribution in [-0.2, 0) is 14.3 Å². The third-order valence-corrected chi connectivity index (χ3v) is 2.68. The van der Waals surface area contributed by atoms with Crippen LogP contribution in [0, 0.1) is 0 Å². The maximum Gasteiger partial charge on any atom is 0.243 e. The molecule has 2 amide bonds. The molecule has 3 N–H and O–H groups in total. The lowest BCUT2D eigenvalue weighted by atomic mass is 10.2. The first-order chi connectivity index (χ1) is 8.97. The van der Waals surface area contributed by atoms with Crippen molar-refractivity contribution in [3.8, 4) is 0 Å². The van der Waals surface area contributed by atoms with Crippen LogP contribution in [0.2, 0.25) is 0 Å². The Morgan fingerprint density at radius 3 is 2.55 bits per heavy atom. The highest BCUT2D eigenvalue weighted by atomic mass is 35.5. The lowest BCUT2D eigenvalue weighted by Gasteiger charge is -2.20. The van der Waals surface area contributed by atoms with E-state index in [4.69, 9.17) is 10.5 Å². The van der Waals surface area contributed by atoms with Gasteiger partial charge in [-0.3, -0.25) is 9.59 Å². The summed E-state index contributed by atoms with van der Waals surface area (Å²) in [6.07, 6.45) is 0. The topological polar surface area (TPSA) is 84.7 Å². The van der Waals surface area contributed by atoms with Crippen LogP contribution >= 0.6 is 12.4 Å². The van der Waals surface area contributed by atoms with Gasteiger partial charge in [-0.1, -0.05) is 12.1 Å². The van der Waals surface area contributed by atoms with Gasteiger partial charge in [0.05, 0.1) is 18.0 Å². The molecule has 0 saturated carbocycles. The maximum absolute atomic E-state index is 11.8. The SMILES string of the molecule is COCC(N)C(=O)Nc1ccccc1N(C)C(C)=O.Cl. The maximum atomic E-state index is 11.8. The van der Waals surface area contributed by atoms with Crippen LogP contribution in [0.15, 0.2) is 24.3 Å². The number of nitrogens with one attached hydrogen (secondary N) is 1. The lowest BCUT2D eigenvalue weighted by Crippen LogP contribution is -2.39. The van der Waals surface area contributed by atoms with Gasteiger partial charge in [-0.15, -0.1) is 12.4 Å². The summed E-state index contributed by atoms with van der Waals surface area (Å²) >= 11 is 0. The van der Waals surface area contributed by atoms with Gasteiger partial charge >= 0.3 is 0 Å². The average molecular weight is 302 g/mol. The first kappa shape index (κ1) is 18.4. The van der Waals surface area contributed by atoms with E-state index in [1.165, 1.54) is 18.9 Å². The van der Waals surface area contributed by atoms with E-state index >= 15 is 0 Å². The minimum Gasteiger partial charge on any atom is -0.383 e. The fourth-order valence-electron chi connectivity index (χ4n) is 1.52. The molecular weight excluding hydrogens is 282 g/mol. The first-order valence-electron chi connectivity index (χ1n) is 5.86. The molecule has 0 fully saturated rings. The Morgan fingerprint density at radius 2 is 2.00 bits per heavy atom. The second-order valence-electron chi connectivity index (χ2n) is 4.15. The average Bonchev–Trinajstić information content (AvgIpc) is 2.38. The summed E-state index contributed by atoms with van der Waals surface area (Å²) in [5, 5.41) is 2.69. The van der Waals surface area contributed by atoms with Crippen molar-refractivity contribution in [3.63, 3.8) is 0 Å². The summed E-state index contributed by atoms with van der Waals surface area (Å²) in [6.45, 7) is 1.59. The number of hydrogen-bond donors (Lipinski definition) is 2. The molecule has 1 aromatic rings. The Balaban J connectivity index is 0.00000361. The smallest absolute Gasteiger partial charge is 0.243 e. The van der Waals surface area contributed by atoms with Crippen LogP contribution in [0.4, 0.5) is 11.4 Å². The standard InChI is InChI=1S/C13H19N3O3.ClH/c1-9(17)16(2)12-7-5-4-6-11(12)15-13(18)10(14)8-19-3;/h4-7,10H,8,14H2,1-3H3,(H,15,18);1H. The minimum absolute atomic E-state index is 0. The quantitative estimate of drug-likeness (QED) is 0.850. The molecule has 0 heterocycles.